The molecule has 2 fully saturated rings. The molecule has 0 spiro atoms. The van der Waals surface area contributed by atoms with E-state index in [1.54, 1.807) is 0 Å². The number of carbonyl (C=O) groups excluding carboxylic acids is 1. The lowest BCUT2D eigenvalue weighted by Gasteiger charge is -2.36. The second kappa shape index (κ2) is 4.10. The zero-order valence-corrected chi connectivity index (χ0v) is 9.58. The highest BCUT2D eigenvalue weighted by Crippen LogP contribution is 2.27. The van der Waals surface area contributed by atoms with Gasteiger partial charge in [-0.25, -0.2) is 0 Å². The number of nitrogens with zero attached hydrogens (tertiary/aromatic N) is 1. The number of piperazine rings is 1. The van der Waals surface area contributed by atoms with Crippen LogP contribution < -0.4 is 5.32 Å². The van der Waals surface area contributed by atoms with Gasteiger partial charge in [0, 0.05) is 32.3 Å². The molecular weight excluding hydrogens is 192 g/mol. The lowest BCUT2D eigenvalue weighted by molar-refractivity contribution is -0.152. The summed E-state index contributed by atoms with van der Waals surface area (Å²) in [4.78, 5) is 14.2. The molecule has 2 aliphatic rings. The molecular formula is C11H20N2O2. The first-order valence-electron chi connectivity index (χ1n) is 5.78. The highest BCUT2D eigenvalue weighted by atomic mass is 16.5. The van der Waals surface area contributed by atoms with Crippen LogP contribution in [-0.4, -0.2) is 48.7 Å². The van der Waals surface area contributed by atoms with Gasteiger partial charge in [0.25, 0.3) is 5.91 Å². The summed E-state index contributed by atoms with van der Waals surface area (Å²) in [5.74, 6) is 0.174. The van der Waals surface area contributed by atoms with Crippen LogP contribution in [0.15, 0.2) is 0 Å². The van der Waals surface area contributed by atoms with Crippen molar-refractivity contribution in [3.8, 4) is 0 Å². The number of rotatable bonds is 1. The van der Waals surface area contributed by atoms with Crippen LogP contribution in [0.4, 0.5) is 0 Å². The number of nitrogens with one attached hydrogen (secondary N) is 1. The Balaban J connectivity index is 2.00. The average molecular weight is 212 g/mol. The summed E-state index contributed by atoms with van der Waals surface area (Å²) in [7, 11) is 0. The summed E-state index contributed by atoms with van der Waals surface area (Å²) in [5, 5.41) is 3.34. The molecule has 0 aromatic heterocycles. The molecule has 2 heterocycles. The third-order valence-corrected chi connectivity index (χ3v) is 3.33. The zero-order valence-electron chi connectivity index (χ0n) is 9.58. The fourth-order valence-electron chi connectivity index (χ4n) is 2.40. The third-order valence-electron chi connectivity index (χ3n) is 3.33. The van der Waals surface area contributed by atoms with E-state index in [-0.39, 0.29) is 5.91 Å². The zero-order chi connectivity index (χ0) is 10.9. The Morgan fingerprint density at radius 2 is 2.40 bits per heavy atom. The molecule has 0 saturated carbocycles. The minimum absolute atomic E-state index is 0.174. The number of ether oxygens (including phenoxy) is 1. The number of carbonyl (C=O) groups is 1. The van der Waals surface area contributed by atoms with Crippen LogP contribution >= 0.6 is 0 Å². The van der Waals surface area contributed by atoms with Gasteiger partial charge in [-0.05, 0) is 26.7 Å². The van der Waals surface area contributed by atoms with Crippen LogP contribution in [0.1, 0.15) is 26.7 Å². The van der Waals surface area contributed by atoms with E-state index in [4.69, 9.17) is 4.74 Å². The van der Waals surface area contributed by atoms with Crippen LogP contribution in [0.2, 0.25) is 0 Å². The predicted octanol–water partition coefficient (Wildman–Crippen LogP) is 0.376. The molecule has 0 aromatic rings. The summed E-state index contributed by atoms with van der Waals surface area (Å²) in [6, 6.07) is 0.396. The maximum absolute atomic E-state index is 12.2. The standard InChI is InChI=1S/C11H20N2O2/c1-9-8-13(6-5-12-9)10(14)11(2)4-3-7-15-11/h9,12H,3-8H2,1-2H3. The predicted molar refractivity (Wildman–Crippen MR) is 57.6 cm³/mol. The van der Waals surface area contributed by atoms with Crippen molar-refractivity contribution in [1.29, 1.82) is 0 Å². The maximum Gasteiger partial charge on any atom is 0.254 e. The lowest BCUT2D eigenvalue weighted by Crippen LogP contribution is -2.56. The van der Waals surface area contributed by atoms with Gasteiger partial charge in [0.15, 0.2) is 0 Å². The normalized spacial score (nSPS) is 36.9. The van der Waals surface area contributed by atoms with Gasteiger partial charge in [-0.1, -0.05) is 0 Å². The smallest absolute Gasteiger partial charge is 0.254 e. The average Bonchev–Trinajstić information content (AvgIpc) is 2.65. The van der Waals surface area contributed by atoms with E-state index >= 15 is 0 Å². The van der Waals surface area contributed by atoms with Gasteiger partial charge >= 0.3 is 0 Å². The van der Waals surface area contributed by atoms with Crippen LogP contribution in [0, 0.1) is 0 Å². The molecule has 2 rings (SSSR count). The molecule has 2 atom stereocenters. The van der Waals surface area contributed by atoms with Crippen LogP contribution in [-0.2, 0) is 9.53 Å². The van der Waals surface area contributed by atoms with E-state index in [1.807, 2.05) is 11.8 Å². The van der Waals surface area contributed by atoms with Gasteiger partial charge in [0.05, 0.1) is 0 Å². The molecule has 2 saturated heterocycles. The Morgan fingerprint density at radius 1 is 1.60 bits per heavy atom. The highest BCUT2D eigenvalue weighted by Gasteiger charge is 2.41. The Hall–Kier alpha value is -0.610. The minimum atomic E-state index is -0.545. The number of hydrogen-bond acceptors (Lipinski definition) is 3. The van der Waals surface area contributed by atoms with E-state index in [1.165, 1.54) is 0 Å². The van der Waals surface area contributed by atoms with E-state index in [0.717, 1.165) is 39.1 Å². The molecule has 0 aliphatic carbocycles. The Labute approximate surface area is 91.0 Å². The second-order valence-electron chi connectivity index (χ2n) is 4.79. The van der Waals surface area contributed by atoms with Crippen molar-refractivity contribution >= 4 is 5.91 Å². The van der Waals surface area contributed by atoms with Gasteiger partial charge in [0.2, 0.25) is 0 Å². The van der Waals surface area contributed by atoms with Crippen molar-refractivity contribution in [3.05, 3.63) is 0 Å². The number of hydrogen-bond donors (Lipinski definition) is 1. The second-order valence-corrected chi connectivity index (χ2v) is 4.79. The summed E-state index contributed by atoms with van der Waals surface area (Å²) in [6.07, 6.45) is 1.87. The molecule has 0 radical (unpaired) electrons. The van der Waals surface area contributed by atoms with Gasteiger partial charge in [-0.15, -0.1) is 0 Å². The van der Waals surface area contributed by atoms with Gasteiger partial charge in [-0.2, -0.15) is 0 Å². The SMILES string of the molecule is CC1CN(C(=O)C2(C)CCCO2)CCN1. The summed E-state index contributed by atoms with van der Waals surface area (Å²) >= 11 is 0. The topological polar surface area (TPSA) is 41.6 Å². The summed E-state index contributed by atoms with van der Waals surface area (Å²) in [6.45, 7) is 7.26. The van der Waals surface area contributed by atoms with E-state index in [0.29, 0.717) is 6.04 Å². The molecule has 2 unspecified atom stereocenters. The lowest BCUT2D eigenvalue weighted by atomic mass is 10.00. The molecule has 1 N–H and O–H groups in total. The molecule has 86 valence electrons. The Morgan fingerprint density at radius 3 is 3.00 bits per heavy atom. The van der Waals surface area contributed by atoms with Crippen LogP contribution in [0.3, 0.4) is 0 Å². The Kier molecular flexibility index (Phi) is 2.98. The van der Waals surface area contributed by atoms with Crippen molar-refractivity contribution in [1.82, 2.24) is 10.2 Å². The molecule has 0 aromatic carbocycles. The first kappa shape index (κ1) is 10.9. The summed E-state index contributed by atoms with van der Waals surface area (Å²) in [5.41, 5.74) is -0.545. The van der Waals surface area contributed by atoms with Gasteiger partial charge in [-0.3, -0.25) is 4.79 Å². The Bertz CT molecular complexity index is 249. The van der Waals surface area contributed by atoms with Gasteiger partial charge in [0.1, 0.15) is 5.60 Å². The molecule has 2 aliphatic heterocycles. The van der Waals surface area contributed by atoms with Crippen molar-refractivity contribution in [3.63, 3.8) is 0 Å². The van der Waals surface area contributed by atoms with Gasteiger partial charge < -0.3 is 15.0 Å². The molecule has 4 nitrogen and oxygen atoms in total. The monoisotopic (exact) mass is 212 g/mol. The molecule has 1 amide bonds. The molecule has 15 heavy (non-hydrogen) atoms. The first-order valence-corrected chi connectivity index (χ1v) is 5.78. The quantitative estimate of drug-likeness (QED) is 0.683. The highest BCUT2D eigenvalue weighted by molar-refractivity contribution is 5.85. The minimum Gasteiger partial charge on any atom is -0.365 e. The summed E-state index contributed by atoms with van der Waals surface area (Å²) < 4.78 is 5.58. The van der Waals surface area contributed by atoms with Crippen LogP contribution in [0.25, 0.3) is 0 Å². The first-order chi connectivity index (χ1) is 7.12. The van der Waals surface area contributed by atoms with E-state index in [2.05, 4.69) is 12.2 Å². The largest absolute Gasteiger partial charge is 0.365 e. The van der Waals surface area contributed by atoms with Crippen molar-refractivity contribution in [2.75, 3.05) is 26.2 Å². The van der Waals surface area contributed by atoms with Crippen molar-refractivity contribution < 1.29 is 9.53 Å². The fourth-order valence-corrected chi connectivity index (χ4v) is 2.40. The third kappa shape index (κ3) is 2.16. The van der Waals surface area contributed by atoms with E-state index < -0.39 is 5.60 Å². The fraction of sp³-hybridized carbons (Fsp3) is 0.909. The maximum atomic E-state index is 12.2. The van der Waals surface area contributed by atoms with Crippen molar-refractivity contribution in [2.24, 2.45) is 0 Å². The van der Waals surface area contributed by atoms with Crippen LogP contribution in [0.5, 0.6) is 0 Å². The number of amides is 1. The van der Waals surface area contributed by atoms with E-state index in [9.17, 15) is 4.79 Å². The molecule has 4 heteroatoms. The molecule has 0 bridgehead atoms. The van der Waals surface area contributed by atoms with Crippen molar-refractivity contribution in [2.45, 2.75) is 38.3 Å².